The molecular formula is C13H30NO3+. The van der Waals surface area contributed by atoms with Crippen LogP contribution in [0.1, 0.15) is 52.4 Å². The van der Waals surface area contributed by atoms with Gasteiger partial charge in [0.15, 0.2) is 12.5 Å². The molecule has 0 fully saturated rings. The third-order valence-electron chi connectivity index (χ3n) is 3.58. The molecule has 104 valence electrons. The minimum absolute atomic E-state index is 0.0110. The number of aliphatic hydroxyl groups is 3. The van der Waals surface area contributed by atoms with Crippen molar-refractivity contribution in [1.82, 2.24) is 0 Å². The zero-order chi connectivity index (χ0) is 13.3. The standard InChI is InChI=1S/C13H30NO3/c1-4-6-8-12(16)14(3,10-11-15)13(17)9-7-5-2/h12-13,15-17H,4-11H2,1-3H3/q+1. The van der Waals surface area contributed by atoms with Crippen LogP contribution in [0, 0.1) is 0 Å². The molecule has 0 amide bonds. The summed E-state index contributed by atoms with van der Waals surface area (Å²) in [5.41, 5.74) is 0. The van der Waals surface area contributed by atoms with Crippen molar-refractivity contribution in [2.75, 3.05) is 20.2 Å². The van der Waals surface area contributed by atoms with Crippen LogP contribution in [-0.4, -0.2) is 52.5 Å². The number of hydrogen-bond acceptors (Lipinski definition) is 3. The maximum Gasteiger partial charge on any atom is 0.192 e. The lowest BCUT2D eigenvalue weighted by Crippen LogP contribution is -2.60. The molecule has 0 aliphatic rings. The van der Waals surface area contributed by atoms with E-state index >= 15 is 0 Å². The maximum atomic E-state index is 10.2. The van der Waals surface area contributed by atoms with Crippen LogP contribution >= 0.6 is 0 Å². The van der Waals surface area contributed by atoms with Gasteiger partial charge in [-0.15, -0.1) is 0 Å². The van der Waals surface area contributed by atoms with Crippen molar-refractivity contribution in [3.8, 4) is 0 Å². The fraction of sp³-hybridized carbons (Fsp3) is 1.00. The summed E-state index contributed by atoms with van der Waals surface area (Å²) in [7, 11) is 1.83. The van der Waals surface area contributed by atoms with Crippen molar-refractivity contribution >= 4 is 0 Å². The van der Waals surface area contributed by atoms with Gasteiger partial charge in [-0.3, -0.25) is 4.48 Å². The Morgan fingerprint density at radius 1 is 0.941 bits per heavy atom. The smallest absolute Gasteiger partial charge is 0.192 e. The van der Waals surface area contributed by atoms with E-state index in [2.05, 4.69) is 13.8 Å². The molecule has 17 heavy (non-hydrogen) atoms. The van der Waals surface area contributed by atoms with E-state index in [1.165, 1.54) is 0 Å². The summed E-state index contributed by atoms with van der Waals surface area (Å²) in [6.45, 7) is 4.55. The minimum atomic E-state index is -0.589. The summed E-state index contributed by atoms with van der Waals surface area (Å²) in [6.07, 6.45) is 4.12. The summed E-state index contributed by atoms with van der Waals surface area (Å²) >= 11 is 0. The second-order valence-corrected chi connectivity index (χ2v) is 5.04. The first-order chi connectivity index (χ1) is 8.02. The quantitative estimate of drug-likeness (QED) is 0.405. The van der Waals surface area contributed by atoms with Gasteiger partial charge in [-0.05, 0) is 12.8 Å². The van der Waals surface area contributed by atoms with E-state index in [0.717, 1.165) is 25.7 Å². The molecule has 0 aromatic heterocycles. The number of aliphatic hydroxyl groups excluding tert-OH is 3. The van der Waals surface area contributed by atoms with Crippen molar-refractivity contribution in [2.24, 2.45) is 0 Å². The minimum Gasteiger partial charge on any atom is -0.391 e. The lowest BCUT2D eigenvalue weighted by molar-refractivity contribution is -0.995. The second-order valence-electron chi connectivity index (χ2n) is 5.04. The molecule has 0 saturated carbocycles. The molecule has 0 heterocycles. The maximum absolute atomic E-state index is 10.2. The zero-order valence-electron chi connectivity index (χ0n) is 11.6. The largest absolute Gasteiger partial charge is 0.391 e. The van der Waals surface area contributed by atoms with E-state index in [9.17, 15) is 10.2 Å². The second kappa shape index (κ2) is 8.86. The van der Waals surface area contributed by atoms with Gasteiger partial charge in [0.2, 0.25) is 0 Å². The van der Waals surface area contributed by atoms with Gasteiger partial charge < -0.3 is 15.3 Å². The van der Waals surface area contributed by atoms with Gasteiger partial charge in [0.05, 0.1) is 13.7 Å². The van der Waals surface area contributed by atoms with Crippen LogP contribution in [0.4, 0.5) is 0 Å². The fourth-order valence-corrected chi connectivity index (χ4v) is 2.08. The topological polar surface area (TPSA) is 60.7 Å². The third kappa shape index (κ3) is 5.34. The first-order valence-corrected chi connectivity index (χ1v) is 6.84. The molecule has 0 radical (unpaired) electrons. The fourth-order valence-electron chi connectivity index (χ4n) is 2.08. The average Bonchev–Trinajstić information content (AvgIpc) is 2.32. The number of likely N-dealkylation sites (N-methyl/N-ethyl adjacent to an activating group) is 1. The Morgan fingerprint density at radius 3 is 1.65 bits per heavy atom. The highest BCUT2D eigenvalue weighted by molar-refractivity contribution is 4.52. The molecule has 4 heteroatoms. The number of unbranched alkanes of at least 4 members (excludes halogenated alkanes) is 2. The number of hydrogen-bond donors (Lipinski definition) is 3. The van der Waals surface area contributed by atoms with Gasteiger partial charge in [-0.1, -0.05) is 26.7 Å². The van der Waals surface area contributed by atoms with E-state index in [1.807, 2.05) is 7.05 Å². The Morgan fingerprint density at radius 2 is 1.35 bits per heavy atom. The summed E-state index contributed by atoms with van der Waals surface area (Å²) in [5.74, 6) is 0. The highest BCUT2D eigenvalue weighted by Crippen LogP contribution is 2.21. The Hall–Kier alpha value is -0.160. The predicted molar refractivity (Wildman–Crippen MR) is 69.2 cm³/mol. The number of nitrogens with zero attached hydrogens (tertiary/aromatic N) is 1. The van der Waals surface area contributed by atoms with Crippen LogP contribution in [0.5, 0.6) is 0 Å². The summed E-state index contributed by atoms with van der Waals surface area (Å²) in [4.78, 5) is 0. The molecular weight excluding hydrogens is 218 g/mol. The monoisotopic (exact) mass is 248 g/mol. The van der Waals surface area contributed by atoms with Crippen LogP contribution in [-0.2, 0) is 0 Å². The van der Waals surface area contributed by atoms with Crippen molar-refractivity contribution < 1.29 is 19.8 Å². The van der Waals surface area contributed by atoms with Crippen molar-refractivity contribution in [1.29, 1.82) is 0 Å². The zero-order valence-corrected chi connectivity index (χ0v) is 11.6. The normalized spacial score (nSPS) is 18.7. The van der Waals surface area contributed by atoms with Crippen molar-refractivity contribution in [3.63, 3.8) is 0 Å². The van der Waals surface area contributed by atoms with E-state index in [4.69, 9.17) is 5.11 Å². The van der Waals surface area contributed by atoms with Gasteiger partial charge in [0.1, 0.15) is 6.54 Å². The molecule has 0 spiro atoms. The molecule has 2 atom stereocenters. The average molecular weight is 248 g/mol. The molecule has 0 rings (SSSR count). The van der Waals surface area contributed by atoms with Crippen LogP contribution in [0.3, 0.4) is 0 Å². The summed E-state index contributed by atoms with van der Waals surface area (Å²) < 4.78 is 0.149. The van der Waals surface area contributed by atoms with E-state index in [1.54, 1.807) is 0 Å². The lowest BCUT2D eigenvalue weighted by Gasteiger charge is -2.42. The molecule has 0 aromatic rings. The van der Waals surface area contributed by atoms with E-state index in [-0.39, 0.29) is 11.1 Å². The van der Waals surface area contributed by atoms with Gasteiger partial charge in [0, 0.05) is 12.8 Å². The first kappa shape index (κ1) is 16.8. The highest BCUT2D eigenvalue weighted by atomic mass is 16.3. The van der Waals surface area contributed by atoms with Crippen LogP contribution in [0.15, 0.2) is 0 Å². The molecule has 0 aliphatic carbocycles. The van der Waals surface area contributed by atoms with Gasteiger partial charge in [-0.25, -0.2) is 0 Å². The Labute approximate surface area is 105 Å². The number of quaternary nitrogens is 1. The molecule has 0 aliphatic heterocycles. The van der Waals surface area contributed by atoms with Gasteiger partial charge in [-0.2, -0.15) is 0 Å². The van der Waals surface area contributed by atoms with Crippen molar-refractivity contribution in [3.05, 3.63) is 0 Å². The summed E-state index contributed by atoms with van der Waals surface area (Å²) in [6, 6.07) is 0. The molecule has 0 aromatic carbocycles. The van der Waals surface area contributed by atoms with E-state index in [0.29, 0.717) is 19.4 Å². The lowest BCUT2D eigenvalue weighted by atomic mass is 10.1. The van der Waals surface area contributed by atoms with Crippen LogP contribution < -0.4 is 0 Å². The van der Waals surface area contributed by atoms with E-state index < -0.39 is 12.5 Å². The third-order valence-corrected chi connectivity index (χ3v) is 3.58. The SMILES string of the molecule is CCCCC(O)[N+](C)(CCO)C(O)CCCC. The highest BCUT2D eigenvalue weighted by Gasteiger charge is 2.36. The molecule has 2 unspecified atom stereocenters. The number of rotatable bonds is 10. The molecule has 0 saturated heterocycles. The summed E-state index contributed by atoms with van der Waals surface area (Å²) in [5, 5.41) is 29.5. The molecule has 4 nitrogen and oxygen atoms in total. The Kier molecular flexibility index (Phi) is 8.78. The van der Waals surface area contributed by atoms with Gasteiger partial charge in [0.25, 0.3) is 0 Å². The van der Waals surface area contributed by atoms with Crippen LogP contribution in [0.25, 0.3) is 0 Å². The predicted octanol–water partition coefficient (Wildman–Crippen LogP) is 1.44. The molecule has 0 bridgehead atoms. The Bertz CT molecular complexity index is 174. The van der Waals surface area contributed by atoms with Crippen molar-refractivity contribution in [2.45, 2.75) is 64.8 Å². The first-order valence-electron chi connectivity index (χ1n) is 6.84. The van der Waals surface area contributed by atoms with Crippen LogP contribution in [0.2, 0.25) is 0 Å². The molecule has 3 N–H and O–H groups in total. The Balaban J connectivity index is 4.50. The van der Waals surface area contributed by atoms with Gasteiger partial charge >= 0.3 is 0 Å².